The summed E-state index contributed by atoms with van der Waals surface area (Å²) in [6.07, 6.45) is 10.5. The summed E-state index contributed by atoms with van der Waals surface area (Å²) in [6, 6.07) is 34.6. The molecule has 2 fully saturated rings. The first-order valence-electron chi connectivity index (χ1n) is 24.9. The van der Waals surface area contributed by atoms with Crippen molar-refractivity contribution in [1.29, 1.82) is 5.26 Å². The van der Waals surface area contributed by atoms with Gasteiger partial charge in [0.1, 0.15) is 30.0 Å². The Morgan fingerprint density at radius 2 is 1.70 bits per heavy atom. The maximum Gasteiger partial charge on any atom is 0.254 e. The van der Waals surface area contributed by atoms with Crippen LogP contribution >= 0.6 is 0 Å². The van der Waals surface area contributed by atoms with Crippen molar-refractivity contribution in [3.63, 3.8) is 0 Å². The quantitative estimate of drug-likeness (QED) is 0.0443. The minimum Gasteiger partial charge on any atom is -0.489 e. The number of oxime groups is 1. The van der Waals surface area contributed by atoms with Crippen molar-refractivity contribution in [1.82, 2.24) is 4.90 Å². The molecule has 5 aromatic rings. The lowest BCUT2D eigenvalue weighted by molar-refractivity contribution is -0.255. The number of nitrogens with zero attached hydrogens (tertiary/aromatic N) is 3. The summed E-state index contributed by atoms with van der Waals surface area (Å²) in [7, 11) is 0. The van der Waals surface area contributed by atoms with Crippen LogP contribution in [0.1, 0.15) is 103 Å². The molecular weight excluding hydrogens is 886 g/mol. The number of aliphatic hydroxyl groups is 2. The molecule has 70 heavy (non-hydrogen) atoms. The zero-order valence-electron chi connectivity index (χ0n) is 39.6. The van der Waals surface area contributed by atoms with Gasteiger partial charge in [-0.05, 0) is 121 Å². The van der Waals surface area contributed by atoms with E-state index >= 15 is 4.79 Å². The number of carbonyl (C=O) groups is 1. The molecule has 2 aliphatic carbocycles. The number of rotatable bonds is 20. The van der Waals surface area contributed by atoms with Crippen molar-refractivity contribution in [3.8, 4) is 17.6 Å². The van der Waals surface area contributed by atoms with Gasteiger partial charge in [0.25, 0.3) is 5.91 Å². The lowest BCUT2D eigenvalue weighted by atomic mass is 9.55. The van der Waals surface area contributed by atoms with Crippen molar-refractivity contribution in [2.24, 2.45) is 22.9 Å². The van der Waals surface area contributed by atoms with Gasteiger partial charge in [0, 0.05) is 55.2 Å². The number of aliphatic hydroxyl groups excluding tert-OH is 2. The third-order valence-electron chi connectivity index (χ3n) is 14.5. The van der Waals surface area contributed by atoms with Crippen LogP contribution in [0.3, 0.4) is 0 Å². The summed E-state index contributed by atoms with van der Waals surface area (Å²) in [5, 5.41) is 37.0. The summed E-state index contributed by atoms with van der Waals surface area (Å²) in [5.74, 6) is -1.98. The Kier molecular flexibility index (Phi) is 15.7. The molecule has 1 unspecified atom stereocenters. The van der Waals surface area contributed by atoms with E-state index in [1.165, 1.54) is 6.07 Å². The molecule has 0 radical (unpaired) electrons. The summed E-state index contributed by atoms with van der Waals surface area (Å²) in [4.78, 5) is 23.9. The summed E-state index contributed by atoms with van der Waals surface area (Å²) in [6.45, 7) is 5.07. The largest absolute Gasteiger partial charge is 0.489 e. The molecule has 1 saturated carbocycles. The fraction of sp³-hybridized carbons (Fsp3) is 0.397. The van der Waals surface area contributed by atoms with Gasteiger partial charge < -0.3 is 38.9 Å². The van der Waals surface area contributed by atoms with Gasteiger partial charge in [0.2, 0.25) is 12.1 Å². The SMILES string of the molecule is C=CCO[C@@]12Oc3ccc(OCc4ccccc4F)cc3[C@H]3[C@H](CCCCO)[C@@H](CCCCO)C=C(C(=NOC4CCCCO4)C[C@@H]1N(Cc1cccc4ccccc14)C(=O)c1ccc(C#N)cc1)[C@H]32. The molecule has 2 heterocycles. The number of hydrogen-bond acceptors (Lipinski definition) is 10. The Morgan fingerprint density at radius 1 is 0.929 bits per heavy atom. The van der Waals surface area contributed by atoms with E-state index in [0.29, 0.717) is 59.8 Å². The summed E-state index contributed by atoms with van der Waals surface area (Å²) < 4.78 is 42.2. The van der Waals surface area contributed by atoms with E-state index in [-0.39, 0.29) is 68.9 Å². The van der Waals surface area contributed by atoms with Gasteiger partial charge in [-0.3, -0.25) is 4.79 Å². The molecule has 4 aliphatic rings. The van der Waals surface area contributed by atoms with Crippen molar-refractivity contribution in [2.45, 2.75) is 101 Å². The van der Waals surface area contributed by atoms with E-state index in [4.69, 9.17) is 28.9 Å². The fourth-order valence-electron chi connectivity index (χ4n) is 11.2. The second-order valence-corrected chi connectivity index (χ2v) is 18.8. The number of benzene rings is 5. The van der Waals surface area contributed by atoms with Gasteiger partial charge in [-0.2, -0.15) is 5.26 Å². The second kappa shape index (κ2) is 22.6. The van der Waals surface area contributed by atoms with Crippen molar-refractivity contribution < 1.29 is 43.2 Å². The van der Waals surface area contributed by atoms with E-state index in [0.717, 1.165) is 66.0 Å². The smallest absolute Gasteiger partial charge is 0.254 e. The molecule has 2 aliphatic heterocycles. The third-order valence-corrected chi connectivity index (χ3v) is 14.5. The summed E-state index contributed by atoms with van der Waals surface area (Å²) >= 11 is 0. The molecule has 9 rings (SSSR count). The molecule has 7 atom stereocenters. The zero-order valence-corrected chi connectivity index (χ0v) is 39.6. The predicted molar refractivity (Wildman–Crippen MR) is 265 cm³/mol. The molecule has 0 aromatic heterocycles. The number of allylic oxidation sites excluding steroid dienone is 1. The molecule has 1 amide bonds. The number of halogens is 1. The van der Waals surface area contributed by atoms with Gasteiger partial charge in [-0.25, -0.2) is 4.39 Å². The number of fused-ring (bicyclic) bond motifs is 3. The number of carbonyl (C=O) groups excluding carboxylic acids is 1. The van der Waals surface area contributed by atoms with E-state index in [1.807, 2.05) is 47.4 Å². The topological polar surface area (TPSA) is 143 Å². The van der Waals surface area contributed by atoms with Crippen LogP contribution in [0.25, 0.3) is 10.8 Å². The Labute approximate surface area is 409 Å². The van der Waals surface area contributed by atoms with Gasteiger partial charge >= 0.3 is 0 Å². The van der Waals surface area contributed by atoms with Crippen LogP contribution in [0.2, 0.25) is 0 Å². The van der Waals surface area contributed by atoms with Crippen molar-refractivity contribution >= 4 is 22.4 Å². The van der Waals surface area contributed by atoms with Crippen LogP contribution in [-0.2, 0) is 27.5 Å². The molecule has 1 saturated heterocycles. The molecule has 2 N–H and O–H groups in total. The highest BCUT2D eigenvalue weighted by Crippen LogP contribution is 2.62. The maximum atomic E-state index is 15.7. The first-order chi connectivity index (χ1) is 34.3. The number of unbranched alkanes of at least 4 members (excludes halogenated alkanes) is 2. The molecule has 11 nitrogen and oxygen atoms in total. The monoisotopic (exact) mass is 947 g/mol. The molecule has 0 bridgehead atoms. The Bertz CT molecular complexity index is 2720. The average molecular weight is 948 g/mol. The van der Waals surface area contributed by atoms with E-state index in [2.05, 4.69) is 36.9 Å². The Hall–Kier alpha value is -6.36. The highest BCUT2D eigenvalue weighted by molar-refractivity contribution is 6.03. The number of hydrogen-bond donors (Lipinski definition) is 2. The van der Waals surface area contributed by atoms with Crippen LogP contribution in [-0.4, -0.2) is 71.3 Å². The van der Waals surface area contributed by atoms with E-state index in [9.17, 15) is 19.9 Å². The van der Waals surface area contributed by atoms with Crippen molar-refractivity contribution in [2.75, 3.05) is 26.4 Å². The number of nitriles is 1. The standard InChI is InChI=1S/C58H62FN3O8/c1-2-31-68-58-53(62(57(65)41-25-23-39(36-60)24-26-41)37-43-18-13-17-40-14-3-5-19-46(40)43)35-51(61-70-54-22-9-12-32-66-54)48-33-42(15-7-10-29-63)47(20-8-11-30-64)55(56(48)58)49-34-45(27-28-52(49)69-58)67-38-44-16-4-6-21-50(44)59/h2-6,13-14,16-19,21,23-28,33-34,42,47,53-56,63-64H,1,7-12,15,20,22,29-32,35,37-38H2/t42-,47+,53-,54?,55+,56+,58+/m0/s1. The Balaban J connectivity index is 1.27. The second-order valence-electron chi connectivity index (χ2n) is 18.8. The normalized spacial score (nSPS) is 24.1. The van der Waals surface area contributed by atoms with Gasteiger partial charge in [0.05, 0.1) is 36.5 Å². The maximum absolute atomic E-state index is 15.7. The molecule has 0 spiro atoms. The minimum absolute atomic E-state index is 0.00674. The van der Waals surface area contributed by atoms with Gasteiger partial charge in [-0.15, -0.1) is 6.58 Å². The van der Waals surface area contributed by atoms with E-state index < -0.39 is 24.0 Å². The van der Waals surface area contributed by atoms with E-state index in [1.54, 1.807) is 48.5 Å². The average Bonchev–Trinajstić information content (AvgIpc) is 3.40. The van der Waals surface area contributed by atoms with Crippen LogP contribution in [0.4, 0.5) is 4.39 Å². The lowest BCUT2D eigenvalue weighted by Crippen LogP contribution is -2.70. The predicted octanol–water partition coefficient (Wildman–Crippen LogP) is 10.9. The van der Waals surface area contributed by atoms with Gasteiger partial charge in [0.15, 0.2) is 0 Å². The summed E-state index contributed by atoms with van der Waals surface area (Å²) in [5.41, 5.74) is 4.61. The third kappa shape index (κ3) is 10.3. The zero-order chi connectivity index (χ0) is 48.5. The number of amides is 1. The van der Waals surface area contributed by atoms with Crippen molar-refractivity contribution in [3.05, 3.63) is 167 Å². The van der Waals surface area contributed by atoms with Crippen LogP contribution in [0.15, 0.2) is 139 Å². The highest BCUT2D eigenvalue weighted by Gasteiger charge is 2.65. The highest BCUT2D eigenvalue weighted by atomic mass is 19.1. The van der Waals surface area contributed by atoms with Crippen LogP contribution in [0, 0.1) is 34.9 Å². The lowest BCUT2D eigenvalue weighted by Gasteiger charge is -2.60. The first kappa shape index (κ1) is 48.7. The molecular formula is C58H62FN3O8. The first-order valence-corrected chi connectivity index (χ1v) is 24.9. The minimum atomic E-state index is -1.54. The molecule has 364 valence electrons. The molecule has 5 aromatic carbocycles. The molecule has 12 heteroatoms. The van der Waals surface area contributed by atoms with Crippen LogP contribution in [0.5, 0.6) is 11.5 Å². The van der Waals surface area contributed by atoms with Gasteiger partial charge in [-0.1, -0.05) is 90.8 Å². The number of ether oxygens (including phenoxy) is 4. The Morgan fingerprint density at radius 3 is 2.47 bits per heavy atom. The fourth-order valence-corrected chi connectivity index (χ4v) is 11.2. The van der Waals surface area contributed by atoms with Crippen LogP contribution < -0.4 is 9.47 Å².